The molecule has 2 saturated heterocycles. The van der Waals surface area contributed by atoms with Crippen LogP contribution in [0.25, 0.3) is 0 Å². The van der Waals surface area contributed by atoms with Crippen molar-refractivity contribution in [1.82, 2.24) is 14.9 Å². The van der Waals surface area contributed by atoms with Gasteiger partial charge in [0, 0.05) is 12.1 Å². The van der Waals surface area contributed by atoms with Crippen molar-refractivity contribution in [2.24, 2.45) is 0 Å². The number of anilines is 1. The number of hydrogen-bond acceptors (Lipinski definition) is 8. The Bertz CT molecular complexity index is 1230. The van der Waals surface area contributed by atoms with Crippen molar-refractivity contribution in [2.75, 3.05) is 24.7 Å². The van der Waals surface area contributed by atoms with Gasteiger partial charge in [-0.3, -0.25) is 19.5 Å². The van der Waals surface area contributed by atoms with E-state index < -0.39 is 17.6 Å². The molecule has 3 atom stereocenters. The lowest BCUT2D eigenvalue weighted by Gasteiger charge is -2.24. The highest BCUT2D eigenvalue weighted by Gasteiger charge is 2.45. The number of amides is 2. The van der Waals surface area contributed by atoms with Gasteiger partial charge in [0.1, 0.15) is 17.9 Å². The predicted octanol–water partition coefficient (Wildman–Crippen LogP) is 3.14. The van der Waals surface area contributed by atoms with Crippen molar-refractivity contribution in [3.8, 4) is 11.5 Å². The zero-order valence-corrected chi connectivity index (χ0v) is 21.1. The predicted molar refractivity (Wildman–Crippen MR) is 129 cm³/mol. The summed E-state index contributed by atoms with van der Waals surface area (Å²) in [5.74, 6) is -1.29. The van der Waals surface area contributed by atoms with Crippen LogP contribution in [-0.2, 0) is 19.1 Å². The molecule has 11 heteroatoms. The first kappa shape index (κ1) is 25.1. The van der Waals surface area contributed by atoms with E-state index in [2.05, 4.69) is 9.97 Å². The first-order valence-corrected chi connectivity index (χ1v) is 12.2. The van der Waals surface area contributed by atoms with Gasteiger partial charge in [-0.1, -0.05) is 6.07 Å². The summed E-state index contributed by atoms with van der Waals surface area (Å²) in [7, 11) is 0. The Morgan fingerprint density at radius 2 is 1.97 bits per heavy atom. The van der Waals surface area contributed by atoms with Crippen LogP contribution in [0.3, 0.4) is 0 Å². The maximum atomic E-state index is 14.7. The van der Waals surface area contributed by atoms with Gasteiger partial charge in [0.2, 0.25) is 5.82 Å². The van der Waals surface area contributed by atoms with Gasteiger partial charge >= 0.3 is 0 Å². The quantitative estimate of drug-likeness (QED) is 0.558. The Hall–Kier alpha value is -3.57. The number of carbonyl (C=O) groups is 2. The topological polar surface area (TPSA) is 103 Å². The van der Waals surface area contributed by atoms with Gasteiger partial charge in [-0.2, -0.15) is 4.39 Å². The second-order valence-corrected chi connectivity index (χ2v) is 9.61. The second-order valence-electron chi connectivity index (χ2n) is 9.61. The average molecular weight is 513 g/mol. The molecule has 0 N–H and O–H groups in total. The number of benzene rings is 1. The molecule has 2 aromatic rings. The third-order valence-corrected chi connectivity index (χ3v) is 6.51. The molecule has 5 rings (SSSR count). The molecular weight excluding hydrogens is 483 g/mol. The lowest BCUT2D eigenvalue weighted by atomic mass is 10.1. The highest BCUT2D eigenvalue weighted by atomic mass is 19.1. The first-order valence-electron chi connectivity index (χ1n) is 12.2. The summed E-state index contributed by atoms with van der Waals surface area (Å²) in [5, 5.41) is 0. The highest BCUT2D eigenvalue weighted by Crippen LogP contribution is 2.34. The Kier molecular flexibility index (Phi) is 6.59. The molecule has 1 aromatic carbocycles. The van der Waals surface area contributed by atoms with E-state index in [1.807, 2.05) is 20.8 Å². The van der Waals surface area contributed by atoms with Gasteiger partial charge in [0.25, 0.3) is 11.8 Å². The minimum atomic E-state index is -0.701. The fourth-order valence-electron chi connectivity index (χ4n) is 4.78. The normalized spacial score (nSPS) is 25.1. The van der Waals surface area contributed by atoms with E-state index in [-0.39, 0.29) is 47.8 Å². The van der Waals surface area contributed by atoms with Crippen molar-refractivity contribution in [3.05, 3.63) is 53.9 Å². The van der Waals surface area contributed by atoms with Crippen LogP contribution < -0.4 is 14.4 Å². The smallest absolute Gasteiger partial charge is 0.251 e. The average Bonchev–Trinajstić information content (AvgIpc) is 3.50. The third-order valence-electron chi connectivity index (χ3n) is 6.51. The summed E-state index contributed by atoms with van der Waals surface area (Å²) in [6.45, 7) is 8.04. The van der Waals surface area contributed by atoms with E-state index in [4.69, 9.17) is 18.9 Å². The van der Waals surface area contributed by atoms with Gasteiger partial charge in [-0.05, 0) is 46.2 Å². The van der Waals surface area contributed by atoms with Crippen LogP contribution in [-0.4, -0.2) is 64.3 Å². The summed E-state index contributed by atoms with van der Waals surface area (Å²) < 4.78 is 37.0. The fraction of sp³-hybridized carbons (Fsp3) is 0.462. The van der Waals surface area contributed by atoms with E-state index >= 15 is 0 Å². The molecule has 0 saturated carbocycles. The molecule has 4 heterocycles. The molecule has 2 fully saturated rings. The molecule has 196 valence electrons. The van der Waals surface area contributed by atoms with Gasteiger partial charge in [-0.25, -0.2) is 4.98 Å². The van der Waals surface area contributed by atoms with E-state index in [0.717, 1.165) is 0 Å². The van der Waals surface area contributed by atoms with Crippen LogP contribution in [0.1, 0.15) is 45.9 Å². The van der Waals surface area contributed by atoms with Crippen LogP contribution in [0, 0.1) is 5.82 Å². The Morgan fingerprint density at radius 3 is 2.65 bits per heavy atom. The summed E-state index contributed by atoms with van der Waals surface area (Å²) in [5.41, 5.74) is 0.617. The van der Waals surface area contributed by atoms with E-state index in [0.29, 0.717) is 31.1 Å². The molecule has 3 aliphatic rings. The van der Waals surface area contributed by atoms with Gasteiger partial charge in [-0.15, -0.1) is 0 Å². The molecule has 0 aliphatic carbocycles. The maximum Gasteiger partial charge on any atom is 0.251 e. The summed E-state index contributed by atoms with van der Waals surface area (Å²) in [4.78, 5) is 38.1. The van der Waals surface area contributed by atoms with E-state index in [1.165, 1.54) is 29.3 Å². The van der Waals surface area contributed by atoms with Crippen LogP contribution in [0.2, 0.25) is 0 Å². The molecule has 37 heavy (non-hydrogen) atoms. The Balaban J connectivity index is 1.26. The lowest BCUT2D eigenvalue weighted by Crippen LogP contribution is -2.43. The SMILES string of the molecule is CCOc1cccc(OC2=CC(=O)N([C@H]3CC(C)N(c4cnc([C@H]5COC(C)(C)O5)cn4)C3=O)C2)c1F. The molecular formula is C26H29FN4O6. The van der Waals surface area contributed by atoms with Crippen LogP contribution >= 0.6 is 0 Å². The molecule has 10 nitrogen and oxygen atoms in total. The number of nitrogens with zero attached hydrogens (tertiary/aromatic N) is 4. The summed E-state index contributed by atoms with van der Waals surface area (Å²) in [6.07, 6.45) is 4.48. The third kappa shape index (κ3) is 4.88. The largest absolute Gasteiger partial charge is 0.491 e. The lowest BCUT2D eigenvalue weighted by molar-refractivity contribution is -0.139. The minimum absolute atomic E-state index is 0.0463. The van der Waals surface area contributed by atoms with Gasteiger partial charge in [0.05, 0.1) is 37.8 Å². The fourth-order valence-corrected chi connectivity index (χ4v) is 4.78. The molecule has 3 aliphatic heterocycles. The maximum absolute atomic E-state index is 14.7. The number of ether oxygens (including phenoxy) is 4. The number of carbonyl (C=O) groups excluding carboxylic acids is 2. The molecule has 1 unspecified atom stereocenters. The minimum Gasteiger partial charge on any atom is -0.491 e. The molecule has 2 amide bonds. The van der Waals surface area contributed by atoms with E-state index in [9.17, 15) is 14.0 Å². The molecule has 0 bridgehead atoms. The monoisotopic (exact) mass is 512 g/mol. The highest BCUT2D eigenvalue weighted by molar-refractivity contribution is 6.03. The standard InChI is InChI=1S/C26H29FN4O6/c1-5-34-19-7-6-8-20(24(19)27)36-16-10-23(32)30(13-16)18-9-15(2)31(25(18)33)22-12-28-17(11-29-22)21-14-35-26(3,4)37-21/h6-8,10-12,15,18,21H,5,9,13-14H2,1-4H3/t15?,18-,21+/m0/s1. The van der Waals surface area contributed by atoms with Crippen molar-refractivity contribution in [1.29, 1.82) is 0 Å². The zero-order valence-electron chi connectivity index (χ0n) is 21.1. The Morgan fingerprint density at radius 1 is 1.19 bits per heavy atom. The zero-order chi connectivity index (χ0) is 26.3. The van der Waals surface area contributed by atoms with E-state index in [1.54, 1.807) is 24.1 Å². The van der Waals surface area contributed by atoms with Crippen molar-refractivity contribution in [3.63, 3.8) is 0 Å². The van der Waals surface area contributed by atoms with Crippen LogP contribution in [0.4, 0.5) is 10.2 Å². The van der Waals surface area contributed by atoms with Crippen molar-refractivity contribution >= 4 is 17.6 Å². The molecule has 1 aromatic heterocycles. The van der Waals surface area contributed by atoms with Gasteiger partial charge in [0.15, 0.2) is 23.1 Å². The summed E-state index contributed by atoms with van der Waals surface area (Å²) in [6, 6.07) is 3.67. The number of halogens is 1. The summed E-state index contributed by atoms with van der Waals surface area (Å²) >= 11 is 0. The number of rotatable bonds is 7. The Labute approximate surface area is 214 Å². The second kappa shape index (κ2) is 9.71. The van der Waals surface area contributed by atoms with Crippen LogP contribution in [0.15, 0.2) is 42.4 Å². The molecule has 0 spiro atoms. The number of aromatic nitrogens is 2. The van der Waals surface area contributed by atoms with Crippen molar-refractivity contribution < 1.29 is 32.9 Å². The van der Waals surface area contributed by atoms with Crippen LogP contribution in [0.5, 0.6) is 11.5 Å². The molecule has 0 radical (unpaired) electrons. The van der Waals surface area contributed by atoms with Gasteiger partial charge < -0.3 is 23.8 Å². The van der Waals surface area contributed by atoms with Crippen molar-refractivity contribution in [2.45, 2.75) is 58.1 Å². The number of hydrogen-bond donors (Lipinski definition) is 0. The first-order chi connectivity index (χ1) is 17.7.